The van der Waals surface area contributed by atoms with E-state index in [-0.39, 0.29) is 40.1 Å². The molecule has 5 aliphatic carbocycles. The molecule has 8 rings (SSSR count). The van der Waals surface area contributed by atoms with Crippen LogP contribution >= 0.6 is 0 Å². The number of carbonyl (C=O) groups is 2. The summed E-state index contributed by atoms with van der Waals surface area (Å²) >= 11 is 0. The molecule has 8 aliphatic rings. The van der Waals surface area contributed by atoms with Gasteiger partial charge < -0.3 is 74.4 Å². The monoisotopic (exact) mass is 910 g/mol. The predicted molar refractivity (Wildman–Crippen MR) is 224 cm³/mol. The highest BCUT2D eigenvalue weighted by Gasteiger charge is 2.70. The van der Waals surface area contributed by atoms with E-state index >= 15 is 0 Å². The molecule has 0 aromatic heterocycles. The molecule has 0 bridgehead atoms. The predicted octanol–water partition coefficient (Wildman–Crippen LogP) is 2.47. The van der Waals surface area contributed by atoms with Gasteiger partial charge in [0.15, 0.2) is 25.0 Å². The summed E-state index contributed by atoms with van der Waals surface area (Å²) in [7, 11) is 0. The van der Waals surface area contributed by atoms with Crippen LogP contribution in [-0.2, 0) is 38.0 Å². The van der Waals surface area contributed by atoms with Gasteiger partial charge in [-0.25, -0.2) is 4.79 Å². The molecule has 17 nitrogen and oxygen atoms in total. The minimum Gasteiger partial charge on any atom is -0.481 e. The van der Waals surface area contributed by atoms with Crippen molar-refractivity contribution in [3.63, 3.8) is 0 Å². The molecule has 0 unspecified atom stereocenters. The van der Waals surface area contributed by atoms with E-state index in [1.54, 1.807) is 0 Å². The van der Waals surface area contributed by atoms with E-state index in [9.17, 15) is 55.5 Å². The Morgan fingerprint density at radius 1 is 0.672 bits per heavy atom. The molecule has 3 heterocycles. The number of aliphatic hydroxyl groups is 7. The summed E-state index contributed by atoms with van der Waals surface area (Å²) < 4.78 is 36.6. The zero-order valence-corrected chi connectivity index (χ0v) is 38.5. The van der Waals surface area contributed by atoms with Crippen molar-refractivity contribution in [2.24, 2.45) is 50.2 Å². The Hall–Kier alpha value is -1.84. The molecule has 0 radical (unpaired) electrons. The Kier molecular flexibility index (Phi) is 12.7. The molecule has 3 aliphatic heterocycles. The minimum absolute atomic E-state index is 0.00762. The molecule has 64 heavy (non-hydrogen) atoms. The molecule has 4 saturated carbocycles. The Morgan fingerprint density at radius 2 is 1.30 bits per heavy atom. The van der Waals surface area contributed by atoms with Crippen LogP contribution in [0, 0.1) is 50.2 Å². The highest BCUT2D eigenvalue weighted by atomic mass is 16.8. The van der Waals surface area contributed by atoms with Crippen molar-refractivity contribution in [1.29, 1.82) is 0 Å². The standard InChI is InChI=1S/C47H74O17/c1-21-28(49)29(50)32(53)38(60-21)64-36-34(62-39-33(54)30(51)31(52)35(63-39)37(55)56)24(48)20-59-40(36)61-27-12-13-44(6)25(43(27,4)5)11-14-46(8)26(44)10-9-22-23-19-42(2,3)15-17-47(23,41(57)58)18-16-45(22,46)7/h9,21,23-36,38-40,48-54H,10-20H2,1-8H3,(H,55,56)(H,57,58)/t21-,23-,24-,25-,26+,27-,28-,29+,30-,31-,32+,33+,34-,35-,36+,38-,39+,40+,44-,45+,46+,47-/m0/s1. The minimum atomic E-state index is -2.00. The maximum atomic E-state index is 13.1. The van der Waals surface area contributed by atoms with Crippen molar-refractivity contribution in [3.05, 3.63) is 11.6 Å². The number of rotatable bonds is 8. The van der Waals surface area contributed by atoms with Gasteiger partial charge in [0.05, 0.1) is 24.2 Å². The van der Waals surface area contributed by atoms with Gasteiger partial charge in [-0.2, -0.15) is 0 Å². The molecular formula is C47H74O17. The molecule has 9 N–H and O–H groups in total. The number of hydrogen-bond acceptors (Lipinski definition) is 15. The van der Waals surface area contributed by atoms with E-state index in [0.717, 1.165) is 44.9 Å². The molecule has 17 heteroatoms. The van der Waals surface area contributed by atoms with Gasteiger partial charge in [-0.05, 0) is 116 Å². The first-order valence-corrected chi connectivity index (χ1v) is 23.6. The number of aliphatic carboxylic acids is 2. The van der Waals surface area contributed by atoms with Crippen LogP contribution in [0.25, 0.3) is 0 Å². The SMILES string of the molecule is C[C@@H]1O[C@@H](O[C@H]2[C@@H](O[C@H]3CC[C@]4(C)[C@H]5CC=C6[C@@H]7CC(C)(C)CC[C@]7(C(=O)O)CC[C@@]6(C)[C@]5(C)CC[C@H]4C3(C)C)OC[C@H](O)[C@@H]2O[C@@H]2O[C@H](C(=O)O)[C@@H](O)[C@H](O)[C@H]2O)[C@H](O)[C@H](O)[C@H]1O. The molecule has 3 saturated heterocycles. The fraction of sp³-hybridized carbons (Fsp3) is 0.915. The summed E-state index contributed by atoms with van der Waals surface area (Å²) in [6.07, 6.45) is -13.1. The Labute approximate surface area is 375 Å². The van der Waals surface area contributed by atoms with Crippen LogP contribution in [0.1, 0.15) is 120 Å². The van der Waals surface area contributed by atoms with Crippen molar-refractivity contribution in [2.45, 2.75) is 212 Å². The lowest BCUT2D eigenvalue weighted by Gasteiger charge is -2.71. The lowest BCUT2D eigenvalue weighted by atomic mass is 9.33. The lowest BCUT2D eigenvalue weighted by Crippen LogP contribution is -2.67. The normalized spacial score (nSPS) is 53.4. The second kappa shape index (κ2) is 16.7. The topological polar surface area (TPSA) is 272 Å². The third-order valence-corrected chi connectivity index (χ3v) is 18.9. The number of allylic oxidation sites excluding steroid dienone is 2. The zero-order valence-electron chi connectivity index (χ0n) is 38.5. The van der Waals surface area contributed by atoms with Gasteiger partial charge in [0.25, 0.3) is 0 Å². The first-order chi connectivity index (χ1) is 29.7. The largest absolute Gasteiger partial charge is 0.481 e. The van der Waals surface area contributed by atoms with E-state index in [0.29, 0.717) is 25.2 Å². The molecule has 364 valence electrons. The molecule has 0 amide bonds. The van der Waals surface area contributed by atoms with E-state index in [4.69, 9.17) is 28.4 Å². The summed E-state index contributed by atoms with van der Waals surface area (Å²) in [5.74, 6) is -1.78. The van der Waals surface area contributed by atoms with Gasteiger partial charge >= 0.3 is 11.9 Å². The number of carboxylic acid groups (broad SMARTS) is 2. The zero-order chi connectivity index (χ0) is 46.9. The first-order valence-electron chi connectivity index (χ1n) is 23.6. The highest BCUT2D eigenvalue weighted by molar-refractivity contribution is 5.76. The number of hydrogen-bond donors (Lipinski definition) is 9. The summed E-state index contributed by atoms with van der Waals surface area (Å²) in [6, 6.07) is 0. The summed E-state index contributed by atoms with van der Waals surface area (Å²) in [5.41, 5.74) is -0.109. The van der Waals surface area contributed by atoms with Gasteiger partial charge in [0.2, 0.25) is 0 Å². The lowest BCUT2D eigenvalue weighted by molar-refractivity contribution is -0.386. The molecule has 22 atom stereocenters. The Morgan fingerprint density at radius 3 is 1.95 bits per heavy atom. The van der Waals surface area contributed by atoms with Crippen LogP contribution in [0.2, 0.25) is 0 Å². The van der Waals surface area contributed by atoms with Crippen LogP contribution in [0.15, 0.2) is 11.6 Å². The van der Waals surface area contributed by atoms with Gasteiger partial charge in [0, 0.05) is 0 Å². The van der Waals surface area contributed by atoms with Gasteiger partial charge in [-0.15, -0.1) is 0 Å². The van der Waals surface area contributed by atoms with E-state index in [1.807, 2.05) is 0 Å². The van der Waals surface area contributed by atoms with Crippen molar-refractivity contribution in [2.75, 3.05) is 6.61 Å². The maximum Gasteiger partial charge on any atom is 0.335 e. The molecule has 0 aromatic carbocycles. The van der Waals surface area contributed by atoms with E-state index in [1.165, 1.54) is 12.5 Å². The molecule has 0 aromatic rings. The van der Waals surface area contributed by atoms with Crippen molar-refractivity contribution in [1.82, 2.24) is 0 Å². The average molecular weight is 911 g/mol. The van der Waals surface area contributed by atoms with Crippen LogP contribution in [0.3, 0.4) is 0 Å². The third kappa shape index (κ3) is 7.45. The molecular weight excluding hydrogens is 837 g/mol. The average Bonchev–Trinajstić information content (AvgIpc) is 3.21. The quantitative estimate of drug-likeness (QED) is 0.125. The Balaban J connectivity index is 1.07. The van der Waals surface area contributed by atoms with Crippen LogP contribution < -0.4 is 0 Å². The van der Waals surface area contributed by atoms with Crippen molar-refractivity contribution >= 4 is 11.9 Å². The number of aliphatic hydroxyl groups excluding tert-OH is 7. The maximum absolute atomic E-state index is 13.1. The van der Waals surface area contributed by atoms with Crippen LogP contribution in [0.5, 0.6) is 0 Å². The number of ether oxygens (including phenoxy) is 6. The summed E-state index contributed by atoms with van der Waals surface area (Å²) in [5, 5.41) is 95.8. The van der Waals surface area contributed by atoms with Gasteiger partial charge in [-0.3, -0.25) is 4.79 Å². The third-order valence-electron chi connectivity index (χ3n) is 18.9. The molecule has 7 fully saturated rings. The smallest absolute Gasteiger partial charge is 0.335 e. The first kappa shape index (κ1) is 48.6. The fourth-order valence-electron chi connectivity index (χ4n) is 14.8. The number of fused-ring (bicyclic) bond motifs is 7. The van der Waals surface area contributed by atoms with E-state index < -0.39 is 115 Å². The van der Waals surface area contributed by atoms with Crippen molar-refractivity contribution in [3.8, 4) is 0 Å². The fourth-order valence-corrected chi connectivity index (χ4v) is 14.8. The van der Waals surface area contributed by atoms with Crippen LogP contribution in [-0.4, -0.2) is 157 Å². The second-order valence-corrected chi connectivity index (χ2v) is 23.0. The van der Waals surface area contributed by atoms with Gasteiger partial charge in [0.1, 0.15) is 54.9 Å². The van der Waals surface area contributed by atoms with Gasteiger partial charge in [-0.1, -0.05) is 60.1 Å². The summed E-state index contributed by atoms with van der Waals surface area (Å²) in [6.45, 7) is 17.4. The second-order valence-electron chi connectivity index (χ2n) is 23.0. The number of carboxylic acids is 2. The Bertz CT molecular complexity index is 1810. The van der Waals surface area contributed by atoms with E-state index in [2.05, 4.69) is 54.5 Å². The van der Waals surface area contributed by atoms with Crippen molar-refractivity contribution < 1.29 is 84.0 Å². The molecule has 0 spiro atoms. The summed E-state index contributed by atoms with van der Waals surface area (Å²) in [4.78, 5) is 25.1. The highest BCUT2D eigenvalue weighted by Crippen LogP contribution is 2.76. The van der Waals surface area contributed by atoms with Crippen LogP contribution in [0.4, 0.5) is 0 Å².